The molecule has 1 aliphatic heterocycles. The van der Waals surface area contributed by atoms with E-state index in [9.17, 15) is 4.79 Å². The highest BCUT2D eigenvalue weighted by Crippen LogP contribution is 2.29. The second kappa shape index (κ2) is 10.2. The van der Waals surface area contributed by atoms with Crippen molar-refractivity contribution in [1.82, 2.24) is 15.0 Å². The highest BCUT2D eigenvalue weighted by molar-refractivity contribution is 6.31. The molecule has 7 nitrogen and oxygen atoms in total. The maximum absolute atomic E-state index is 10.9. The SMILES string of the molecule is CC(C)Cc1ccc(-c2nc(-c3ccc(CN4CCC(C)(OC(=O)O)CC4)cc3)no2)cc1Cl. The van der Waals surface area contributed by atoms with Crippen molar-refractivity contribution >= 4 is 17.8 Å². The fourth-order valence-electron chi connectivity index (χ4n) is 4.26. The lowest BCUT2D eigenvalue weighted by atomic mass is 9.93. The van der Waals surface area contributed by atoms with Crippen LogP contribution in [-0.4, -0.2) is 45.0 Å². The fraction of sp³-hybridized carbons (Fsp3) is 0.423. The third-order valence-electron chi connectivity index (χ3n) is 6.22. The molecule has 0 amide bonds. The molecule has 1 aromatic heterocycles. The van der Waals surface area contributed by atoms with Crippen LogP contribution < -0.4 is 0 Å². The zero-order valence-corrected chi connectivity index (χ0v) is 20.5. The Bertz CT molecular complexity index is 1140. The number of ether oxygens (including phenoxy) is 1. The minimum atomic E-state index is -1.21. The van der Waals surface area contributed by atoms with Crippen LogP contribution in [0, 0.1) is 5.92 Å². The summed E-state index contributed by atoms with van der Waals surface area (Å²) in [4.78, 5) is 17.7. The largest absolute Gasteiger partial charge is 0.506 e. The van der Waals surface area contributed by atoms with E-state index in [0.717, 1.165) is 42.7 Å². The van der Waals surface area contributed by atoms with Gasteiger partial charge in [0.1, 0.15) is 5.60 Å². The summed E-state index contributed by atoms with van der Waals surface area (Å²) in [6.45, 7) is 8.57. The fourth-order valence-corrected chi connectivity index (χ4v) is 4.52. The Kier molecular flexibility index (Phi) is 7.24. The summed E-state index contributed by atoms with van der Waals surface area (Å²) in [7, 11) is 0. The van der Waals surface area contributed by atoms with Crippen LogP contribution in [0.2, 0.25) is 5.02 Å². The quantitative estimate of drug-likeness (QED) is 0.394. The summed E-state index contributed by atoms with van der Waals surface area (Å²) < 4.78 is 10.6. The van der Waals surface area contributed by atoms with Crippen molar-refractivity contribution in [2.75, 3.05) is 13.1 Å². The number of piperidine rings is 1. The summed E-state index contributed by atoms with van der Waals surface area (Å²) in [5.41, 5.74) is 3.37. The number of halogens is 1. The molecule has 2 aromatic carbocycles. The standard InChI is InChI=1S/C26H30ClN3O4/c1-17(2)14-20-8-9-21(15-22(20)27)24-28-23(29-34-24)19-6-4-18(5-7-19)16-30-12-10-26(3,11-13-30)33-25(31)32/h4-9,15,17H,10-14,16H2,1-3H3,(H,31,32). The van der Waals surface area contributed by atoms with E-state index in [0.29, 0.717) is 35.5 Å². The van der Waals surface area contributed by atoms with Gasteiger partial charge in [0.05, 0.1) is 0 Å². The zero-order chi connectivity index (χ0) is 24.3. The van der Waals surface area contributed by atoms with Gasteiger partial charge >= 0.3 is 6.16 Å². The molecule has 0 radical (unpaired) electrons. The first-order chi connectivity index (χ1) is 16.2. The molecule has 0 aliphatic carbocycles. The third-order valence-corrected chi connectivity index (χ3v) is 6.57. The van der Waals surface area contributed by atoms with Crippen LogP contribution in [0.1, 0.15) is 44.7 Å². The number of likely N-dealkylation sites (tertiary alicyclic amines) is 1. The Morgan fingerprint density at radius 2 is 1.85 bits per heavy atom. The lowest BCUT2D eigenvalue weighted by Crippen LogP contribution is -2.44. The van der Waals surface area contributed by atoms with E-state index in [1.807, 2.05) is 37.3 Å². The van der Waals surface area contributed by atoms with Crippen molar-refractivity contribution in [2.24, 2.45) is 5.92 Å². The van der Waals surface area contributed by atoms with E-state index in [1.165, 1.54) is 5.56 Å². The molecular formula is C26H30ClN3O4. The summed E-state index contributed by atoms with van der Waals surface area (Å²) in [6, 6.07) is 14.0. The average Bonchev–Trinajstić information content (AvgIpc) is 3.27. The topological polar surface area (TPSA) is 88.7 Å². The van der Waals surface area contributed by atoms with Gasteiger partial charge in [-0.05, 0) is 55.4 Å². The van der Waals surface area contributed by atoms with Crippen molar-refractivity contribution in [3.05, 3.63) is 58.6 Å². The van der Waals surface area contributed by atoms with E-state index >= 15 is 0 Å². The maximum Gasteiger partial charge on any atom is 0.506 e. The van der Waals surface area contributed by atoms with Gasteiger partial charge in [0.25, 0.3) is 5.89 Å². The van der Waals surface area contributed by atoms with Gasteiger partial charge in [0.2, 0.25) is 5.82 Å². The van der Waals surface area contributed by atoms with E-state index < -0.39 is 11.8 Å². The maximum atomic E-state index is 10.9. The van der Waals surface area contributed by atoms with Crippen molar-refractivity contribution in [3.8, 4) is 22.8 Å². The number of nitrogens with zero attached hydrogens (tertiary/aromatic N) is 3. The number of aromatic nitrogens is 2. The second-order valence-corrected chi connectivity index (χ2v) is 10.0. The number of rotatable bonds is 7. The normalized spacial score (nSPS) is 16.0. The monoisotopic (exact) mass is 483 g/mol. The molecule has 34 heavy (non-hydrogen) atoms. The predicted octanol–water partition coefficient (Wildman–Crippen LogP) is 6.30. The molecule has 0 unspecified atom stereocenters. The van der Waals surface area contributed by atoms with Gasteiger partial charge in [-0.15, -0.1) is 0 Å². The lowest BCUT2D eigenvalue weighted by Gasteiger charge is -2.38. The number of benzene rings is 2. The number of carboxylic acid groups (broad SMARTS) is 1. The summed E-state index contributed by atoms with van der Waals surface area (Å²) in [5, 5.41) is 13.8. The first-order valence-corrected chi connectivity index (χ1v) is 11.9. The summed E-state index contributed by atoms with van der Waals surface area (Å²) in [6.07, 6.45) is 1.09. The van der Waals surface area contributed by atoms with Crippen LogP contribution in [0.4, 0.5) is 4.79 Å². The Morgan fingerprint density at radius 3 is 2.47 bits per heavy atom. The molecule has 2 heterocycles. The van der Waals surface area contributed by atoms with E-state index in [-0.39, 0.29) is 0 Å². The molecule has 3 aromatic rings. The Labute approximate surface area is 204 Å². The number of hydrogen-bond acceptors (Lipinski definition) is 6. The van der Waals surface area contributed by atoms with E-state index in [1.54, 1.807) is 0 Å². The van der Waals surface area contributed by atoms with Crippen LogP contribution in [-0.2, 0) is 17.7 Å². The smallest absolute Gasteiger partial charge is 0.450 e. The molecular weight excluding hydrogens is 454 g/mol. The van der Waals surface area contributed by atoms with Gasteiger partial charge in [-0.3, -0.25) is 4.90 Å². The molecule has 1 saturated heterocycles. The van der Waals surface area contributed by atoms with Gasteiger partial charge < -0.3 is 14.4 Å². The molecule has 4 rings (SSSR count). The highest BCUT2D eigenvalue weighted by Gasteiger charge is 2.33. The Hall–Kier alpha value is -2.90. The highest BCUT2D eigenvalue weighted by atomic mass is 35.5. The first kappa shape index (κ1) is 24.2. The van der Waals surface area contributed by atoms with Gasteiger partial charge in [-0.25, -0.2) is 4.79 Å². The first-order valence-electron chi connectivity index (χ1n) is 11.6. The van der Waals surface area contributed by atoms with Crippen molar-refractivity contribution < 1.29 is 19.2 Å². The van der Waals surface area contributed by atoms with Crippen LogP contribution in [0.15, 0.2) is 47.0 Å². The van der Waals surface area contributed by atoms with E-state index in [2.05, 4.69) is 41.0 Å². The molecule has 8 heteroatoms. The predicted molar refractivity (Wildman–Crippen MR) is 131 cm³/mol. The van der Waals surface area contributed by atoms with Crippen molar-refractivity contribution in [1.29, 1.82) is 0 Å². The molecule has 0 bridgehead atoms. The third kappa shape index (κ3) is 5.96. The molecule has 0 saturated carbocycles. The molecule has 1 aliphatic rings. The molecule has 1 fully saturated rings. The number of carbonyl (C=O) groups is 1. The Balaban J connectivity index is 1.38. The Morgan fingerprint density at radius 1 is 1.18 bits per heavy atom. The molecule has 180 valence electrons. The molecule has 0 spiro atoms. The van der Waals surface area contributed by atoms with Crippen LogP contribution in [0.25, 0.3) is 22.8 Å². The van der Waals surface area contributed by atoms with E-state index in [4.69, 9.17) is 26.0 Å². The van der Waals surface area contributed by atoms with Crippen LogP contribution in [0.3, 0.4) is 0 Å². The van der Waals surface area contributed by atoms with Crippen molar-refractivity contribution in [3.63, 3.8) is 0 Å². The van der Waals surface area contributed by atoms with Gasteiger partial charge in [-0.1, -0.05) is 60.9 Å². The molecule has 1 N–H and O–H groups in total. The van der Waals surface area contributed by atoms with Gasteiger partial charge in [0.15, 0.2) is 0 Å². The van der Waals surface area contributed by atoms with Crippen molar-refractivity contribution in [2.45, 2.75) is 52.2 Å². The molecule has 0 atom stereocenters. The second-order valence-electron chi connectivity index (χ2n) is 9.62. The zero-order valence-electron chi connectivity index (χ0n) is 19.8. The van der Waals surface area contributed by atoms with Crippen LogP contribution >= 0.6 is 11.6 Å². The minimum absolute atomic E-state index is 0.442. The average molecular weight is 484 g/mol. The minimum Gasteiger partial charge on any atom is -0.450 e. The summed E-state index contributed by atoms with van der Waals surface area (Å²) >= 11 is 6.46. The van der Waals surface area contributed by atoms with Gasteiger partial charge in [0, 0.05) is 35.8 Å². The summed E-state index contributed by atoms with van der Waals surface area (Å²) in [5.74, 6) is 1.50. The lowest BCUT2D eigenvalue weighted by molar-refractivity contribution is -0.0454. The van der Waals surface area contributed by atoms with Gasteiger partial charge in [-0.2, -0.15) is 4.98 Å². The number of hydrogen-bond donors (Lipinski definition) is 1. The van der Waals surface area contributed by atoms with Crippen LogP contribution in [0.5, 0.6) is 0 Å².